The Kier molecular flexibility index (Phi) is 8.59. The Bertz CT molecular complexity index is 1300. The minimum atomic E-state index is -2.09. The molecule has 0 spiro atoms. The highest BCUT2D eigenvalue weighted by atomic mass is 19.2. The number of ether oxygens (including phenoxy) is 2. The van der Waals surface area contributed by atoms with Crippen LogP contribution in [0, 0.1) is 29.2 Å². The zero-order valence-corrected chi connectivity index (χ0v) is 21.5. The maximum Gasteiger partial charge on any atom is 0.349 e. The van der Waals surface area contributed by atoms with E-state index >= 15 is 0 Å². The molecule has 0 aliphatic heterocycles. The Morgan fingerprint density at radius 2 is 1.29 bits per heavy atom. The first kappa shape index (κ1) is 28.8. The van der Waals surface area contributed by atoms with Gasteiger partial charge < -0.3 is 9.47 Å². The van der Waals surface area contributed by atoms with E-state index in [0.29, 0.717) is 0 Å². The van der Waals surface area contributed by atoms with Crippen LogP contribution in [0.3, 0.4) is 0 Å². The molecule has 3 aromatic carbocycles. The van der Waals surface area contributed by atoms with Crippen molar-refractivity contribution < 1.29 is 41.0 Å². The van der Waals surface area contributed by atoms with Crippen LogP contribution in [-0.4, -0.2) is 11.9 Å². The van der Waals surface area contributed by atoms with E-state index in [1.165, 1.54) is 24.3 Å². The van der Waals surface area contributed by atoms with E-state index in [0.717, 1.165) is 17.7 Å². The second kappa shape index (κ2) is 11.3. The van der Waals surface area contributed by atoms with Gasteiger partial charge in [0.2, 0.25) is 17.4 Å². The Morgan fingerprint density at radius 3 is 1.76 bits per heavy atom. The highest BCUT2D eigenvalue weighted by molar-refractivity contribution is 5.93. The Balaban J connectivity index is 1.82. The Labute approximate surface area is 217 Å². The number of carbonyl (C=O) groups is 2. The van der Waals surface area contributed by atoms with Gasteiger partial charge in [-0.3, -0.25) is 0 Å². The van der Waals surface area contributed by atoms with Crippen molar-refractivity contribution in [1.82, 2.24) is 0 Å². The molecule has 3 aromatic rings. The highest BCUT2D eigenvalue weighted by Gasteiger charge is 2.33. The van der Waals surface area contributed by atoms with Crippen LogP contribution in [-0.2, 0) is 5.41 Å². The van der Waals surface area contributed by atoms with Gasteiger partial charge in [0, 0.05) is 0 Å². The van der Waals surface area contributed by atoms with Crippen LogP contribution in [0.5, 0.6) is 11.5 Å². The molecule has 1 atom stereocenters. The van der Waals surface area contributed by atoms with Gasteiger partial charge in [0.05, 0.1) is 5.56 Å². The molecular formula is C29H27F5O4. The van der Waals surface area contributed by atoms with E-state index in [4.69, 9.17) is 4.74 Å². The largest absolute Gasteiger partial charge is 0.423 e. The van der Waals surface area contributed by atoms with Gasteiger partial charge in [-0.2, -0.15) is 8.78 Å². The summed E-state index contributed by atoms with van der Waals surface area (Å²) in [7, 11) is 0. The number of carbonyl (C=O) groups excluding carboxylic acids is 2. The van der Waals surface area contributed by atoms with E-state index in [-0.39, 0.29) is 34.6 Å². The first-order chi connectivity index (χ1) is 17.7. The smallest absolute Gasteiger partial charge is 0.349 e. The minimum Gasteiger partial charge on any atom is -0.423 e. The van der Waals surface area contributed by atoms with E-state index in [1.807, 2.05) is 34.6 Å². The minimum absolute atomic E-state index is 0.0830. The van der Waals surface area contributed by atoms with Gasteiger partial charge in [-0.05, 0) is 53.1 Å². The molecule has 0 amide bonds. The highest BCUT2D eigenvalue weighted by Crippen LogP contribution is 2.32. The molecule has 0 radical (unpaired) electrons. The first-order valence-electron chi connectivity index (χ1n) is 11.9. The fourth-order valence-electron chi connectivity index (χ4n) is 3.59. The standard InChI is InChI=1S/C29H27F5O4/c1-15(2)14-20(30)16-6-8-17(9-7-16)27(35)38-26-24(33)22(31)21(23(32)25(26)34)28(36)37-19-12-10-18(11-13-19)29(3,4)5/h6-13,15,20H,14H2,1-5H3. The summed E-state index contributed by atoms with van der Waals surface area (Å²) in [5.41, 5.74) is -0.921. The van der Waals surface area contributed by atoms with E-state index in [9.17, 15) is 31.5 Å². The summed E-state index contributed by atoms with van der Waals surface area (Å²) in [6.07, 6.45) is -1.04. The summed E-state index contributed by atoms with van der Waals surface area (Å²) in [5.74, 6) is -13.1. The molecule has 0 saturated carbocycles. The molecule has 1 unspecified atom stereocenters. The summed E-state index contributed by atoms with van der Waals surface area (Å²) in [4.78, 5) is 24.7. The maximum absolute atomic E-state index is 14.7. The van der Waals surface area contributed by atoms with Gasteiger partial charge in [0.15, 0.2) is 11.6 Å². The normalized spacial score (nSPS) is 12.4. The molecule has 0 fully saturated rings. The van der Waals surface area contributed by atoms with Crippen molar-refractivity contribution in [3.63, 3.8) is 0 Å². The van der Waals surface area contributed by atoms with Gasteiger partial charge >= 0.3 is 11.9 Å². The molecule has 0 aromatic heterocycles. The van der Waals surface area contributed by atoms with Crippen molar-refractivity contribution in [1.29, 1.82) is 0 Å². The van der Waals surface area contributed by atoms with Gasteiger partial charge in [0.1, 0.15) is 17.5 Å². The number of hydrogen-bond acceptors (Lipinski definition) is 4. The number of hydrogen-bond donors (Lipinski definition) is 0. The lowest BCUT2D eigenvalue weighted by Crippen LogP contribution is -2.19. The van der Waals surface area contributed by atoms with E-state index < -0.39 is 52.7 Å². The lowest BCUT2D eigenvalue weighted by Gasteiger charge is -2.19. The van der Waals surface area contributed by atoms with E-state index in [2.05, 4.69) is 4.74 Å². The third-order valence-electron chi connectivity index (χ3n) is 5.74. The van der Waals surface area contributed by atoms with Gasteiger partial charge in [-0.15, -0.1) is 0 Å². The number of rotatable bonds is 7. The molecule has 38 heavy (non-hydrogen) atoms. The van der Waals surface area contributed by atoms with Crippen molar-refractivity contribution in [2.24, 2.45) is 5.92 Å². The number of benzene rings is 3. The summed E-state index contributed by atoms with van der Waals surface area (Å²) >= 11 is 0. The van der Waals surface area contributed by atoms with Crippen LogP contribution < -0.4 is 9.47 Å². The van der Waals surface area contributed by atoms with Gasteiger partial charge in [-0.1, -0.05) is 58.9 Å². The molecule has 4 nitrogen and oxygen atoms in total. The average molecular weight is 535 g/mol. The molecule has 0 heterocycles. The third-order valence-corrected chi connectivity index (χ3v) is 5.74. The maximum atomic E-state index is 14.7. The monoisotopic (exact) mass is 534 g/mol. The van der Waals surface area contributed by atoms with Gasteiger partial charge in [0.25, 0.3) is 0 Å². The SMILES string of the molecule is CC(C)CC(F)c1ccc(C(=O)Oc2c(F)c(F)c(C(=O)Oc3ccc(C(C)(C)C)cc3)c(F)c2F)cc1. The number of esters is 2. The van der Waals surface area contributed by atoms with Crippen molar-refractivity contribution in [3.05, 3.63) is 94.1 Å². The summed E-state index contributed by atoms with van der Waals surface area (Å²) < 4.78 is 82.3. The number of alkyl halides is 1. The molecule has 0 saturated heterocycles. The molecule has 0 N–H and O–H groups in total. The molecule has 0 bridgehead atoms. The molecular weight excluding hydrogens is 507 g/mol. The third kappa shape index (κ3) is 6.38. The van der Waals surface area contributed by atoms with Gasteiger partial charge in [-0.25, -0.2) is 22.8 Å². The van der Waals surface area contributed by atoms with Crippen LogP contribution in [0.1, 0.15) is 79.1 Å². The van der Waals surface area contributed by atoms with Crippen LogP contribution in [0.4, 0.5) is 22.0 Å². The molecule has 202 valence electrons. The molecule has 9 heteroatoms. The molecule has 3 rings (SSSR count). The fourth-order valence-corrected chi connectivity index (χ4v) is 3.59. The van der Waals surface area contributed by atoms with Crippen molar-refractivity contribution >= 4 is 11.9 Å². The summed E-state index contributed by atoms with van der Waals surface area (Å²) in [5, 5.41) is 0. The predicted molar refractivity (Wildman–Crippen MR) is 131 cm³/mol. The predicted octanol–water partition coefficient (Wildman–Crippen LogP) is 8.04. The van der Waals surface area contributed by atoms with Crippen molar-refractivity contribution in [2.75, 3.05) is 0 Å². The summed E-state index contributed by atoms with van der Waals surface area (Å²) in [6.45, 7) is 9.52. The Morgan fingerprint density at radius 1 is 0.763 bits per heavy atom. The zero-order valence-electron chi connectivity index (χ0n) is 21.5. The number of halogens is 5. The van der Waals surface area contributed by atoms with Crippen LogP contribution >= 0.6 is 0 Å². The average Bonchev–Trinajstić information content (AvgIpc) is 2.85. The lowest BCUT2D eigenvalue weighted by atomic mass is 9.87. The first-order valence-corrected chi connectivity index (χ1v) is 11.9. The Hall–Kier alpha value is -3.75. The van der Waals surface area contributed by atoms with Crippen LogP contribution in [0.15, 0.2) is 48.5 Å². The molecule has 0 aliphatic rings. The molecule has 0 aliphatic carbocycles. The van der Waals surface area contributed by atoms with Crippen molar-refractivity contribution in [2.45, 2.75) is 52.6 Å². The lowest BCUT2D eigenvalue weighted by molar-refractivity contribution is 0.0713. The van der Waals surface area contributed by atoms with Crippen LogP contribution in [0.25, 0.3) is 0 Å². The quantitative estimate of drug-likeness (QED) is 0.133. The second-order valence-electron chi connectivity index (χ2n) is 10.2. The topological polar surface area (TPSA) is 52.6 Å². The summed E-state index contributed by atoms with van der Waals surface area (Å²) in [6, 6.07) is 10.9. The van der Waals surface area contributed by atoms with Crippen LogP contribution in [0.2, 0.25) is 0 Å². The van der Waals surface area contributed by atoms with E-state index in [1.54, 1.807) is 12.1 Å². The zero-order chi connectivity index (χ0) is 28.4. The fraction of sp³-hybridized carbons (Fsp3) is 0.310. The van der Waals surface area contributed by atoms with Crippen molar-refractivity contribution in [3.8, 4) is 11.5 Å². The second-order valence-corrected chi connectivity index (χ2v) is 10.2.